The second kappa shape index (κ2) is 3.32. The topological polar surface area (TPSA) is 32.5 Å². The Hall–Kier alpha value is -0.120. The summed E-state index contributed by atoms with van der Waals surface area (Å²) in [7, 11) is 4.24. The lowest BCUT2D eigenvalue weighted by Gasteiger charge is -2.21. The number of nitrogens with zero attached hydrogens (tertiary/aromatic N) is 2. The minimum atomic E-state index is 0.679. The molecule has 0 spiro atoms. The van der Waals surface area contributed by atoms with Crippen LogP contribution in [-0.4, -0.2) is 49.7 Å². The largest absolute Gasteiger partial charge is 0.318 e. The summed E-state index contributed by atoms with van der Waals surface area (Å²) in [5.74, 6) is 0. The SMILES string of the molecule is CN1CCC(N(C)CN)C1. The monoisotopic (exact) mass is 143 g/mol. The highest BCUT2D eigenvalue weighted by molar-refractivity contribution is 4.78. The molecule has 0 radical (unpaired) electrons. The van der Waals surface area contributed by atoms with Gasteiger partial charge in [0.2, 0.25) is 0 Å². The highest BCUT2D eigenvalue weighted by Gasteiger charge is 2.21. The molecule has 2 N–H and O–H groups in total. The van der Waals surface area contributed by atoms with Gasteiger partial charge in [-0.3, -0.25) is 4.90 Å². The standard InChI is InChI=1S/C7H17N3/c1-9-4-3-7(5-9)10(2)6-8/h7H,3-6,8H2,1-2H3. The zero-order valence-electron chi connectivity index (χ0n) is 6.88. The Morgan fingerprint density at radius 1 is 1.70 bits per heavy atom. The zero-order valence-corrected chi connectivity index (χ0v) is 6.88. The average Bonchev–Trinajstić information content (AvgIpc) is 2.34. The summed E-state index contributed by atoms with van der Waals surface area (Å²) in [4.78, 5) is 4.56. The van der Waals surface area contributed by atoms with Crippen molar-refractivity contribution in [1.82, 2.24) is 9.80 Å². The van der Waals surface area contributed by atoms with E-state index in [2.05, 4.69) is 23.9 Å². The van der Waals surface area contributed by atoms with Crippen molar-refractivity contribution in [1.29, 1.82) is 0 Å². The number of likely N-dealkylation sites (N-methyl/N-ethyl adjacent to an activating group) is 2. The smallest absolute Gasteiger partial charge is 0.0455 e. The first kappa shape index (κ1) is 7.98. The second-order valence-electron chi connectivity index (χ2n) is 3.14. The molecule has 1 saturated heterocycles. The Kier molecular flexibility index (Phi) is 2.65. The molecule has 0 aliphatic carbocycles. The van der Waals surface area contributed by atoms with Crippen LogP contribution in [0.15, 0.2) is 0 Å². The summed E-state index contributed by atoms with van der Waals surface area (Å²) in [6, 6.07) is 0.690. The van der Waals surface area contributed by atoms with Crippen molar-refractivity contribution in [3.8, 4) is 0 Å². The van der Waals surface area contributed by atoms with Gasteiger partial charge in [-0.15, -0.1) is 0 Å². The molecule has 0 aromatic rings. The van der Waals surface area contributed by atoms with Gasteiger partial charge in [0.25, 0.3) is 0 Å². The molecular weight excluding hydrogens is 126 g/mol. The lowest BCUT2D eigenvalue weighted by Crippen LogP contribution is -2.37. The first-order valence-corrected chi connectivity index (χ1v) is 3.83. The number of hydrogen-bond acceptors (Lipinski definition) is 3. The molecule has 1 atom stereocenters. The molecule has 1 heterocycles. The van der Waals surface area contributed by atoms with Crippen molar-refractivity contribution in [2.24, 2.45) is 5.73 Å². The molecular formula is C7H17N3. The maximum atomic E-state index is 5.50. The highest BCUT2D eigenvalue weighted by atomic mass is 15.2. The highest BCUT2D eigenvalue weighted by Crippen LogP contribution is 2.10. The van der Waals surface area contributed by atoms with E-state index >= 15 is 0 Å². The molecule has 0 amide bonds. The van der Waals surface area contributed by atoms with Crippen molar-refractivity contribution < 1.29 is 0 Å². The van der Waals surface area contributed by atoms with Crippen molar-refractivity contribution >= 4 is 0 Å². The molecule has 1 fully saturated rings. The molecule has 3 nitrogen and oxygen atoms in total. The van der Waals surface area contributed by atoms with E-state index in [1.54, 1.807) is 0 Å². The van der Waals surface area contributed by atoms with Gasteiger partial charge < -0.3 is 10.6 Å². The first-order valence-electron chi connectivity index (χ1n) is 3.83. The third kappa shape index (κ3) is 1.68. The third-order valence-corrected chi connectivity index (χ3v) is 2.28. The van der Waals surface area contributed by atoms with E-state index in [1.807, 2.05) is 0 Å². The molecule has 3 heteroatoms. The van der Waals surface area contributed by atoms with Gasteiger partial charge in [-0.05, 0) is 27.1 Å². The van der Waals surface area contributed by atoms with Crippen molar-refractivity contribution in [3.05, 3.63) is 0 Å². The maximum absolute atomic E-state index is 5.50. The van der Waals surface area contributed by atoms with Gasteiger partial charge in [-0.2, -0.15) is 0 Å². The van der Waals surface area contributed by atoms with E-state index in [1.165, 1.54) is 19.5 Å². The lowest BCUT2D eigenvalue weighted by molar-refractivity contribution is 0.248. The molecule has 10 heavy (non-hydrogen) atoms. The number of nitrogens with two attached hydrogens (primary N) is 1. The predicted octanol–water partition coefficient (Wildman–Crippen LogP) is -0.461. The fourth-order valence-electron chi connectivity index (χ4n) is 1.42. The summed E-state index contributed by atoms with van der Waals surface area (Å²) in [5, 5.41) is 0. The maximum Gasteiger partial charge on any atom is 0.0455 e. The van der Waals surface area contributed by atoms with Crippen LogP contribution < -0.4 is 5.73 Å². The predicted molar refractivity (Wildman–Crippen MR) is 42.7 cm³/mol. The third-order valence-electron chi connectivity index (χ3n) is 2.28. The quantitative estimate of drug-likeness (QED) is 0.531. The van der Waals surface area contributed by atoms with Gasteiger partial charge in [-0.1, -0.05) is 0 Å². The van der Waals surface area contributed by atoms with Gasteiger partial charge in [-0.25, -0.2) is 0 Å². The van der Waals surface area contributed by atoms with Gasteiger partial charge in [0.15, 0.2) is 0 Å². The molecule has 0 bridgehead atoms. The Labute approximate surface area is 62.8 Å². The van der Waals surface area contributed by atoms with Crippen molar-refractivity contribution in [3.63, 3.8) is 0 Å². The van der Waals surface area contributed by atoms with Gasteiger partial charge in [0.1, 0.15) is 0 Å². The van der Waals surface area contributed by atoms with Crippen LogP contribution in [0, 0.1) is 0 Å². The molecule has 0 aromatic carbocycles. The van der Waals surface area contributed by atoms with Gasteiger partial charge in [0, 0.05) is 19.3 Å². The van der Waals surface area contributed by atoms with Crippen molar-refractivity contribution in [2.75, 3.05) is 33.9 Å². The summed E-state index contributed by atoms with van der Waals surface area (Å²) in [5.41, 5.74) is 5.50. The average molecular weight is 143 g/mol. The Morgan fingerprint density at radius 2 is 2.40 bits per heavy atom. The van der Waals surface area contributed by atoms with E-state index in [0.717, 1.165) is 0 Å². The molecule has 1 aliphatic rings. The van der Waals surface area contributed by atoms with Crippen LogP contribution >= 0.6 is 0 Å². The van der Waals surface area contributed by atoms with E-state index in [4.69, 9.17) is 5.73 Å². The van der Waals surface area contributed by atoms with Crippen LogP contribution in [0.4, 0.5) is 0 Å². The molecule has 0 saturated carbocycles. The van der Waals surface area contributed by atoms with Crippen LogP contribution in [0.3, 0.4) is 0 Å². The number of hydrogen-bond donors (Lipinski definition) is 1. The Balaban J connectivity index is 2.29. The molecule has 60 valence electrons. The fourth-order valence-corrected chi connectivity index (χ4v) is 1.42. The first-order chi connectivity index (χ1) is 4.74. The van der Waals surface area contributed by atoms with Crippen LogP contribution in [0.1, 0.15) is 6.42 Å². The van der Waals surface area contributed by atoms with E-state index in [9.17, 15) is 0 Å². The number of likely N-dealkylation sites (tertiary alicyclic amines) is 1. The minimum Gasteiger partial charge on any atom is -0.318 e. The molecule has 1 aliphatic heterocycles. The lowest BCUT2D eigenvalue weighted by atomic mass is 10.2. The summed E-state index contributed by atoms with van der Waals surface area (Å²) >= 11 is 0. The van der Waals surface area contributed by atoms with Crippen molar-refractivity contribution in [2.45, 2.75) is 12.5 Å². The van der Waals surface area contributed by atoms with Crippen LogP contribution in [0.5, 0.6) is 0 Å². The number of rotatable bonds is 2. The van der Waals surface area contributed by atoms with Crippen LogP contribution in [0.2, 0.25) is 0 Å². The van der Waals surface area contributed by atoms with Gasteiger partial charge >= 0.3 is 0 Å². The Bertz CT molecular complexity index is 105. The molecule has 0 aromatic heterocycles. The molecule has 1 unspecified atom stereocenters. The summed E-state index contributed by atoms with van der Waals surface area (Å²) in [6.07, 6.45) is 1.27. The fraction of sp³-hybridized carbons (Fsp3) is 1.00. The normalized spacial score (nSPS) is 28.2. The van der Waals surface area contributed by atoms with E-state index in [-0.39, 0.29) is 0 Å². The summed E-state index contributed by atoms with van der Waals surface area (Å²) in [6.45, 7) is 3.07. The minimum absolute atomic E-state index is 0.679. The van der Waals surface area contributed by atoms with Crippen LogP contribution in [0.25, 0.3) is 0 Å². The Morgan fingerprint density at radius 3 is 2.80 bits per heavy atom. The summed E-state index contributed by atoms with van der Waals surface area (Å²) < 4.78 is 0. The van der Waals surface area contributed by atoms with E-state index < -0.39 is 0 Å². The molecule has 1 rings (SSSR count). The zero-order chi connectivity index (χ0) is 7.56. The van der Waals surface area contributed by atoms with E-state index in [0.29, 0.717) is 12.7 Å². The second-order valence-corrected chi connectivity index (χ2v) is 3.14. The van der Waals surface area contributed by atoms with Gasteiger partial charge in [0.05, 0.1) is 0 Å². The van der Waals surface area contributed by atoms with Crippen LogP contribution in [-0.2, 0) is 0 Å².